The normalized spacial score (nSPS) is 14.2. The molecule has 1 heterocycles. The van der Waals surface area contributed by atoms with E-state index < -0.39 is 5.97 Å². The molecule has 0 fully saturated rings. The van der Waals surface area contributed by atoms with E-state index in [1.807, 2.05) is 32.0 Å². The van der Waals surface area contributed by atoms with Crippen LogP contribution < -0.4 is 4.90 Å². The van der Waals surface area contributed by atoms with Crippen molar-refractivity contribution in [3.05, 3.63) is 23.8 Å². The molecule has 0 N–H and O–H groups in total. The van der Waals surface area contributed by atoms with E-state index in [1.165, 1.54) is 0 Å². The molecule has 1 aliphatic heterocycles. The Morgan fingerprint density at radius 3 is 2.71 bits per heavy atom. The Bertz CT molecular complexity index is 719. The van der Waals surface area contributed by atoms with Gasteiger partial charge >= 0.3 is 5.97 Å². The van der Waals surface area contributed by atoms with Crippen LogP contribution in [0.3, 0.4) is 0 Å². The average Bonchev–Trinajstić information content (AvgIpc) is 2.70. The van der Waals surface area contributed by atoms with Gasteiger partial charge in [-0.15, -0.1) is 11.8 Å². The van der Waals surface area contributed by atoms with E-state index in [4.69, 9.17) is 9.57 Å². The molecule has 0 aliphatic carbocycles. The lowest BCUT2D eigenvalue weighted by molar-refractivity contribution is -0.149. The molecule has 7 nitrogen and oxygen atoms in total. The first-order chi connectivity index (χ1) is 13.5. The Labute approximate surface area is 171 Å². The average molecular weight is 408 g/mol. The van der Waals surface area contributed by atoms with Crippen molar-refractivity contribution in [3.8, 4) is 0 Å². The molecule has 154 valence electrons. The van der Waals surface area contributed by atoms with Crippen molar-refractivity contribution < 1.29 is 19.2 Å². The fraction of sp³-hybridized carbons (Fsp3) is 0.550. The largest absolute Gasteiger partial charge is 0.462 e. The predicted molar refractivity (Wildman–Crippen MR) is 112 cm³/mol. The lowest BCUT2D eigenvalue weighted by atomic mass is 10.1. The second-order valence-electron chi connectivity index (χ2n) is 6.31. The SMILES string of the molecule is CCN(CC)CCOC(=O)CO/N=C(\C)c1ccc2c(c1)N(CC)C(=O)CS2. The van der Waals surface area contributed by atoms with Gasteiger partial charge < -0.3 is 19.4 Å². The maximum absolute atomic E-state index is 12.1. The van der Waals surface area contributed by atoms with Gasteiger partial charge in [0.05, 0.1) is 17.2 Å². The molecule has 0 aromatic heterocycles. The molecular weight excluding hydrogens is 378 g/mol. The number of hydrogen-bond donors (Lipinski definition) is 0. The molecule has 0 radical (unpaired) electrons. The molecule has 1 aliphatic rings. The molecule has 1 aromatic rings. The van der Waals surface area contributed by atoms with Crippen molar-refractivity contribution in [1.82, 2.24) is 4.90 Å². The van der Waals surface area contributed by atoms with Gasteiger partial charge in [0, 0.05) is 23.5 Å². The van der Waals surface area contributed by atoms with Gasteiger partial charge in [-0.1, -0.05) is 25.1 Å². The fourth-order valence-electron chi connectivity index (χ4n) is 2.88. The van der Waals surface area contributed by atoms with Crippen LogP contribution in [0, 0.1) is 0 Å². The highest BCUT2D eigenvalue weighted by Gasteiger charge is 2.23. The molecular formula is C20H29N3O4S. The second kappa shape index (κ2) is 11.1. The molecule has 28 heavy (non-hydrogen) atoms. The first-order valence-electron chi connectivity index (χ1n) is 9.62. The van der Waals surface area contributed by atoms with Crippen molar-refractivity contribution in [2.24, 2.45) is 5.16 Å². The lowest BCUT2D eigenvalue weighted by Crippen LogP contribution is -2.35. The highest BCUT2D eigenvalue weighted by Crippen LogP contribution is 2.35. The van der Waals surface area contributed by atoms with Gasteiger partial charge in [-0.05, 0) is 39.1 Å². The molecule has 0 atom stereocenters. The van der Waals surface area contributed by atoms with Gasteiger partial charge in [0.15, 0.2) is 0 Å². The minimum atomic E-state index is -0.437. The molecule has 0 saturated heterocycles. The standard InChI is InChI=1S/C20H29N3O4S/c1-5-22(6-2)10-11-26-20(25)13-27-21-15(4)16-8-9-18-17(12-16)23(7-3)19(24)14-28-18/h8-9,12H,5-7,10-11,13-14H2,1-4H3/b21-15+. The maximum Gasteiger partial charge on any atom is 0.347 e. The Kier molecular flexibility index (Phi) is 8.79. The third-order valence-corrected chi connectivity index (χ3v) is 5.63. The summed E-state index contributed by atoms with van der Waals surface area (Å²) in [6, 6.07) is 5.87. The van der Waals surface area contributed by atoms with Crippen LogP contribution in [0.2, 0.25) is 0 Å². The number of likely N-dealkylation sites (N-methyl/N-ethyl adjacent to an activating group) is 1. The highest BCUT2D eigenvalue weighted by atomic mass is 32.2. The molecule has 0 spiro atoms. The van der Waals surface area contributed by atoms with E-state index in [-0.39, 0.29) is 12.5 Å². The number of hydrogen-bond acceptors (Lipinski definition) is 7. The van der Waals surface area contributed by atoms with Crippen molar-refractivity contribution in [3.63, 3.8) is 0 Å². The number of amides is 1. The Morgan fingerprint density at radius 1 is 1.29 bits per heavy atom. The van der Waals surface area contributed by atoms with Crippen LogP contribution in [0.25, 0.3) is 0 Å². The summed E-state index contributed by atoms with van der Waals surface area (Å²) in [4.78, 5) is 34.0. The molecule has 8 heteroatoms. The van der Waals surface area contributed by atoms with E-state index >= 15 is 0 Å². The number of anilines is 1. The van der Waals surface area contributed by atoms with E-state index in [0.717, 1.165) is 29.2 Å². The number of ether oxygens (including phenoxy) is 1. The van der Waals surface area contributed by atoms with Gasteiger partial charge in [-0.3, -0.25) is 4.79 Å². The Hall–Kier alpha value is -2.06. The number of esters is 1. The molecule has 0 bridgehead atoms. The highest BCUT2D eigenvalue weighted by molar-refractivity contribution is 8.00. The van der Waals surface area contributed by atoms with Crippen molar-refractivity contribution in [2.75, 3.05) is 50.0 Å². The van der Waals surface area contributed by atoms with E-state index in [9.17, 15) is 9.59 Å². The van der Waals surface area contributed by atoms with Gasteiger partial charge in [0.25, 0.3) is 0 Å². The number of benzene rings is 1. The summed E-state index contributed by atoms with van der Waals surface area (Å²) < 4.78 is 5.16. The molecule has 0 unspecified atom stereocenters. The summed E-state index contributed by atoms with van der Waals surface area (Å²) in [7, 11) is 0. The van der Waals surface area contributed by atoms with Gasteiger partial charge in [0.2, 0.25) is 12.5 Å². The van der Waals surface area contributed by atoms with Crippen LogP contribution in [0.15, 0.2) is 28.3 Å². The summed E-state index contributed by atoms with van der Waals surface area (Å²) in [5.74, 6) is 0.135. The van der Waals surface area contributed by atoms with E-state index in [2.05, 4.69) is 23.9 Å². The van der Waals surface area contributed by atoms with Crippen LogP contribution >= 0.6 is 11.8 Å². The van der Waals surface area contributed by atoms with Crippen LogP contribution in [0.4, 0.5) is 5.69 Å². The molecule has 2 rings (SSSR count). The zero-order valence-electron chi connectivity index (χ0n) is 17.1. The van der Waals surface area contributed by atoms with Crippen LogP contribution in [-0.2, 0) is 19.2 Å². The summed E-state index contributed by atoms with van der Waals surface area (Å²) >= 11 is 1.54. The topological polar surface area (TPSA) is 71.4 Å². The van der Waals surface area contributed by atoms with Gasteiger partial charge in [-0.2, -0.15) is 0 Å². The van der Waals surface area contributed by atoms with Crippen molar-refractivity contribution in [1.29, 1.82) is 0 Å². The van der Waals surface area contributed by atoms with E-state index in [0.29, 0.717) is 31.2 Å². The smallest absolute Gasteiger partial charge is 0.347 e. The monoisotopic (exact) mass is 407 g/mol. The van der Waals surface area contributed by atoms with Gasteiger partial charge in [0.1, 0.15) is 6.61 Å². The third-order valence-electron chi connectivity index (χ3n) is 4.58. The number of carbonyl (C=O) groups is 2. The summed E-state index contributed by atoms with van der Waals surface area (Å²) in [5.41, 5.74) is 2.38. The molecule has 0 saturated carbocycles. The zero-order valence-corrected chi connectivity index (χ0v) is 17.9. The fourth-order valence-corrected chi connectivity index (χ4v) is 3.79. The third kappa shape index (κ3) is 5.97. The number of nitrogens with zero attached hydrogens (tertiary/aromatic N) is 3. The zero-order chi connectivity index (χ0) is 20.5. The number of oxime groups is 1. The number of thioether (sulfide) groups is 1. The number of carbonyl (C=O) groups excluding carboxylic acids is 2. The van der Waals surface area contributed by atoms with Crippen LogP contribution in [0.5, 0.6) is 0 Å². The maximum atomic E-state index is 12.1. The first-order valence-corrected chi connectivity index (χ1v) is 10.6. The molecule has 1 aromatic carbocycles. The summed E-state index contributed by atoms with van der Waals surface area (Å²) in [6.07, 6.45) is 0. The second-order valence-corrected chi connectivity index (χ2v) is 7.32. The minimum Gasteiger partial charge on any atom is -0.462 e. The van der Waals surface area contributed by atoms with Crippen molar-refractivity contribution in [2.45, 2.75) is 32.6 Å². The lowest BCUT2D eigenvalue weighted by Gasteiger charge is -2.28. The van der Waals surface area contributed by atoms with E-state index in [1.54, 1.807) is 16.7 Å². The quantitative estimate of drug-likeness (QED) is 0.337. The predicted octanol–water partition coefficient (Wildman–Crippen LogP) is 2.77. The number of fused-ring (bicyclic) bond motifs is 1. The Balaban J connectivity index is 1.89. The summed E-state index contributed by atoms with van der Waals surface area (Å²) in [6.45, 7) is 11.2. The minimum absolute atomic E-state index is 0.107. The molecule has 1 amide bonds. The van der Waals surface area contributed by atoms with Crippen LogP contribution in [-0.4, -0.2) is 67.6 Å². The number of rotatable bonds is 10. The Morgan fingerprint density at radius 2 is 2.04 bits per heavy atom. The van der Waals surface area contributed by atoms with Gasteiger partial charge in [-0.25, -0.2) is 4.79 Å². The first kappa shape index (κ1) is 22.2. The summed E-state index contributed by atoms with van der Waals surface area (Å²) in [5, 5.41) is 4.02. The van der Waals surface area contributed by atoms with Crippen molar-refractivity contribution >= 4 is 35.0 Å². The van der Waals surface area contributed by atoms with Crippen LogP contribution in [0.1, 0.15) is 33.3 Å².